The van der Waals surface area contributed by atoms with Gasteiger partial charge in [0.05, 0.1) is 11.7 Å². The number of fused-ring (bicyclic) bond motifs is 1. The number of nitrogens with zero attached hydrogens (tertiary/aromatic N) is 2. The van der Waals surface area contributed by atoms with Crippen molar-refractivity contribution < 1.29 is 4.74 Å². The third-order valence-corrected chi connectivity index (χ3v) is 3.63. The number of hydrogen-bond acceptors (Lipinski definition) is 2. The van der Waals surface area contributed by atoms with Gasteiger partial charge in [-0.2, -0.15) is 0 Å². The lowest BCUT2D eigenvalue weighted by Gasteiger charge is -2.22. The van der Waals surface area contributed by atoms with Crippen LogP contribution in [-0.4, -0.2) is 22.8 Å². The molecule has 4 heteroatoms. The summed E-state index contributed by atoms with van der Waals surface area (Å²) in [5, 5.41) is 1.72. The van der Waals surface area contributed by atoms with E-state index in [0.29, 0.717) is 5.15 Å². The molecule has 0 N–H and O–H groups in total. The van der Waals surface area contributed by atoms with Gasteiger partial charge < -0.3 is 9.30 Å². The zero-order chi connectivity index (χ0) is 11.7. The standard InChI is InChI=1S/C13H15ClN2O/c14-13-7-11-1-4-16(12(11)8-15-13)9-10-2-5-17-6-3-10/h1,4,7-8,10H,2-3,5-6,9H2. The van der Waals surface area contributed by atoms with Gasteiger partial charge in [-0.1, -0.05) is 11.6 Å². The molecular weight excluding hydrogens is 236 g/mol. The summed E-state index contributed by atoms with van der Waals surface area (Å²) in [5.41, 5.74) is 1.17. The summed E-state index contributed by atoms with van der Waals surface area (Å²) >= 11 is 5.88. The fourth-order valence-corrected chi connectivity index (χ4v) is 2.59. The van der Waals surface area contributed by atoms with Gasteiger partial charge in [0.25, 0.3) is 0 Å². The van der Waals surface area contributed by atoms with Crippen LogP contribution in [0.25, 0.3) is 10.9 Å². The van der Waals surface area contributed by atoms with E-state index in [1.165, 1.54) is 5.52 Å². The predicted octanol–water partition coefficient (Wildman–Crippen LogP) is 3.12. The van der Waals surface area contributed by atoms with Gasteiger partial charge in [-0.3, -0.25) is 0 Å². The molecule has 0 unspecified atom stereocenters. The molecule has 0 radical (unpaired) electrons. The molecule has 1 fully saturated rings. The van der Waals surface area contributed by atoms with E-state index < -0.39 is 0 Å². The van der Waals surface area contributed by atoms with Crippen molar-refractivity contribution >= 4 is 22.5 Å². The van der Waals surface area contributed by atoms with Gasteiger partial charge in [-0.05, 0) is 30.9 Å². The lowest BCUT2D eigenvalue weighted by atomic mass is 10.0. The molecule has 90 valence electrons. The fraction of sp³-hybridized carbons (Fsp3) is 0.462. The van der Waals surface area contributed by atoms with Crippen molar-refractivity contribution in [2.45, 2.75) is 19.4 Å². The molecule has 17 heavy (non-hydrogen) atoms. The molecule has 1 aliphatic heterocycles. The van der Waals surface area contributed by atoms with E-state index in [0.717, 1.165) is 43.9 Å². The van der Waals surface area contributed by atoms with Crippen molar-refractivity contribution in [2.24, 2.45) is 5.92 Å². The van der Waals surface area contributed by atoms with Crippen LogP contribution in [0.4, 0.5) is 0 Å². The Balaban J connectivity index is 1.84. The summed E-state index contributed by atoms with van der Waals surface area (Å²) in [6.07, 6.45) is 6.29. The Morgan fingerprint density at radius 2 is 2.24 bits per heavy atom. The maximum atomic E-state index is 5.88. The van der Waals surface area contributed by atoms with E-state index in [9.17, 15) is 0 Å². The first-order chi connectivity index (χ1) is 8.33. The summed E-state index contributed by atoms with van der Waals surface area (Å²) in [6.45, 7) is 2.85. The van der Waals surface area contributed by atoms with Crippen molar-refractivity contribution in [2.75, 3.05) is 13.2 Å². The second kappa shape index (κ2) is 4.67. The highest BCUT2D eigenvalue weighted by Crippen LogP contribution is 2.22. The van der Waals surface area contributed by atoms with E-state index in [-0.39, 0.29) is 0 Å². The van der Waals surface area contributed by atoms with Gasteiger partial charge in [0, 0.05) is 31.3 Å². The molecule has 1 aliphatic rings. The SMILES string of the molecule is Clc1cc2ccn(CC3CCOCC3)c2cn1. The van der Waals surface area contributed by atoms with Crippen LogP contribution in [0.3, 0.4) is 0 Å². The molecule has 0 amide bonds. The highest BCUT2D eigenvalue weighted by atomic mass is 35.5. The minimum Gasteiger partial charge on any atom is -0.381 e. The number of ether oxygens (including phenoxy) is 1. The molecular formula is C13H15ClN2O. The van der Waals surface area contributed by atoms with Crippen molar-refractivity contribution in [3.05, 3.63) is 29.7 Å². The zero-order valence-corrected chi connectivity index (χ0v) is 10.4. The van der Waals surface area contributed by atoms with Crippen LogP contribution in [-0.2, 0) is 11.3 Å². The second-order valence-corrected chi connectivity index (χ2v) is 4.98. The van der Waals surface area contributed by atoms with Crippen LogP contribution >= 0.6 is 11.6 Å². The van der Waals surface area contributed by atoms with Crippen molar-refractivity contribution in [1.82, 2.24) is 9.55 Å². The van der Waals surface area contributed by atoms with E-state index in [4.69, 9.17) is 16.3 Å². The van der Waals surface area contributed by atoms with E-state index in [2.05, 4.69) is 21.8 Å². The van der Waals surface area contributed by atoms with Gasteiger partial charge in [0.15, 0.2) is 0 Å². The molecule has 0 atom stereocenters. The Hall–Kier alpha value is -1.06. The smallest absolute Gasteiger partial charge is 0.129 e. The largest absolute Gasteiger partial charge is 0.381 e. The van der Waals surface area contributed by atoms with Crippen LogP contribution in [0.2, 0.25) is 5.15 Å². The third-order valence-electron chi connectivity index (χ3n) is 3.42. The quantitative estimate of drug-likeness (QED) is 0.766. The maximum Gasteiger partial charge on any atom is 0.129 e. The van der Waals surface area contributed by atoms with Crippen LogP contribution < -0.4 is 0 Å². The van der Waals surface area contributed by atoms with Gasteiger partial charge in [0.1, 0.15) is 5.15 Å². The maximum absolute atomic E-state index is 5.88. The van der Waals surface area contributed by atoms with Crippen molar-refractivity contribution in [1.29, 1.82) is 0 Å². The van der Waals surface area contributed by atoms with E-state index >= 15 is 0 Å². The Morgan fingerprint density at radius 1 is 1.41 bits per heavy atom. The van der Waals surface area contributed by atoms with E-state index in [1.807, 2.05) is 12.3 Å². The Kier molecular flexibility index (Phi) is 3.04. The average Bonchev–Trinajstić information content (AvgIpc) is 2.73. The van der Waals surface area contributed by atoms with Gasteiger partial charge in [-0.15, -0.1) is 0 Å². The number of rotatable bonds is 2. The number of aromatic nitrogens is 2. The first-order valence-corrected chi connectivity index (χ1v) is 6.39. The fourth-order valence-electron chi connectivity index (χ4n) is 2.43. The van der Waals surface area contributed by atoms with Crippen molar-refractivity contribution in [3.63, 3.8) is 0 Å². The topological polar surface area (TPSA) is 27.1 Å². The molecule has 2 aromatic rings. The molecule has 3 heterocycles. The molecule has 0 spiro atoms. The summed E-state index contributed by atoms with van der Waals surface area (Å²) in [4.78, 5) is 4.15. The second-order valence-electron chi connectivity index (χ2n) is 4.59. The Bertz CT molecular complexity index is 517. The summed E-state index contributed by atoms with van der Waals surface area (Å²) in [6, 6.07) is 4.01. The Morgan fingerprint density at radius 3 is 3.06 bits per heavy atom. The third kappa shape index (κ3) is 2.31. The van der Waals surface area contributed by atoms with Crippen LogP contribution in [0.1, 0.15) is 12.8 Å². The molecule has 0 aliphatic carbocycles. The van der Waals surface area contributed by atoms with Crippen LogP contribution in [0.5, 0.6) is 0 Å². The monoisotopic (exact) mass is 250 g/mol. The highest BCUT2D eigenvalue weighted by Gasteiger charge is 2.15. The lowest BCUT2D eigenvalue weighted by molar-refractivity contribution is 0.0616. The minimum atomic E-state index is 0.557. The van der Waals surface area contributed by atoms with Crippen LogP contribution in [0.15, 0.2) is 24.5 Å². The first-order valence-electron chi connectivity index (χ1n) is 6.01. The summed E-state index contributed by atoms with van der Waals surface area (Å²) < 4.78 is 7.66. The highest BCUT2D eigenvalue weighted by molar-refractivity contribution is 6.30. The molecule has 3 rings (SSSR count). The van der Waals surface area contributed by atoms with Crippen LogP contribution in [0, 0.1) is 5.92 Å². The van der Waals surface area contributed by atoms with Gasteiger partial charge >= 0.3 is 0 Å². The molecule has 0 saturated carbocycles. The molecule has 1 saturated heterocycles. The minimum absolute atomic E-state index is 0.557. The van der Waals surface area contributed by atoms with E-state index in [1.54, 1.807) is 0 Å². The number of hydrogen-bond donors (Lipinski definition) is 0. The first kappa shape index (κ1) is 11.1. The predicted molar refractivity (Wildman–Crippen MR) is 68.3 cm³/mol. The molecule has 0 bridgehead atoms. The van der Waals surface area contributed by atoms with Gasteiger partial charge in [0.2, 0.25) is 0 Å². The lowest BCUT2D eigenvalue weighted by Crippen LogP contribution is -2.20. The Labute approximate surface area is 105 Å². The zero-order valence-electron chi connectivity index (χ0n) is 9.60. The average molecular weight is 251 g/mol. The molecule has 3 nitrogen and oxygen atoms in total. The summed E-state index contributed by atoms with van der Waals surface area (Å²) in [5.74, 6) is 0.718. The van der Waals surface area contributed by atoms with Crippen molar-refractivity contribution in [3.8, 4) is 0 Å². The molecule has 0 aromatic carbocycles. The summed E-state index contributed by atoms with van der Waals surface area (Å²) in [7, 11) is 0. The number of halogens is 1. The number of pyridine rings is 1. The van der Waals surface area contributed by atoms with Gasteiger partial charge in [-0.25, -0.2) is 4.98 Å². The normalized spacial score (nSPS) is 17.7. The molecule has 2 aromatic heterocycles.